The molecule has 86 valence electrons. The largest absolute Gasteiger partial charge is 0.382 e. The second-order valence-corrected chi connectivity index (χ2v) is 4.05. The molecule has 1 unspecified atom stereocenters. The highest BCUT2D eigenvalue weighted by atomic mass is 19.1. The highest BCUT2D eigenvalue weighted by Gasteiger charge is 2.22. The normalized spacial score (nSPS) is 19.4. The van der Waals surface area contributed by atoms with Gasteiger partial charge in [-0.2, -0.15) is 0 Å². The van der Waals surface area contributed by atoms with Crippen molar-refractivity contribution in [3.05, 3.63) is 24.0 Å². The Hall–Kier alpha value is -1.58. The monoisotopic (exact) mass is 222 g/mol. The van der Waals surface area contributed by atoms with E-state index in [1.165, 1.54) is 12.1 Å². The van der Waals surface area contributed by atoms with Gasteiger partial charge in [0, 0.05) is 6.54 Å². The highest BCUT2D eigenvalue weighted by molar-refractivity contribution is 5.97. The lowest BCUT2D eigenvalue weighted by atomic mass is 10.0. The van der Waals surface area contributed by atoms with Crippen LogP contribution in [0, 0.1) is 11.7 Å². The van der Waals surface area contributed by atoms with Crippen molar-refractivity contribution in [3.63, 3.8) is 0 Å². The van der Waals surface area contributed by atoms with Crippen molar-refractivity contribution >= 4 is 17.3 Å². The molecule has 0 aliphatic carbocycles. The summed E-state index contributed by atoms with van der Waals surface area (Å²) in [5.74, 6) is -0.324. The molecule has 1 heterocycles. The molecule has 1 amide bonds. The second kappa shape index (κ2) is 4.51. The van der Waals surface area contributed by atoms with Crippen molar-refractivity contribution in [2.75, 3.05) is 17.2 Å². The van der Waals surface area contributed by atoms with Gasteiger partial charge in [-0.3, -0.25) is 4.79 Å². The Labute approximate surface area is 94.0 Å². The van der Waals surface area contributed by atoms with E-state index in [2.05, 4.69) is 10.6 Å². The number of carbonyl (C=O) groups excluding carboxylic acids is 1. The zero-order valence-corrected chi connectivity index (χ0v) is 9.22. The Morgan fingerprint density at radius 2 is 2.25 bits per heavy atom. The van der Waals surface area contributed by atoms with E-state index >= 15 is 0 Å². The number of fused-ring (bicyclic) bond motifs is 1. The molecule has 0 spiro atoms. The molecule has 0 fully saturated rings. The molecule has 4 heteroatoms. The maximum Gasteiger partial charge on any atom is 0.229 e. The maximum absolute atomic E-state index is 13.0. The van der Waals surface area contributed by atoms with Crippen LogP contribution in [0.2, 0.25) is 0 Å². The number of anilines is 2. The summed E-state index contributed by atoms with van der Waals surface area (Å²) < 4.78 is 13.0. The third-order valence-electron chi connectivity index (χ3n) is 2.79. The SMILES string of the molecule is CCCC1CNc2cc(F)ccc2NC1=O. The van der Waals surface area contributed by atoms with Crippen LogP contribution in [-0.2, 0) is 4.79 Å². The van der Waals surface area contributed by atoms with Gasteiger partial charge in [0.05, 0.1) is 17.3 Å². The highest BCUT2D eigenvalue weighted by Crippen LogP contribution is 2.27. The minimum absolute atomic E-state index is 0.0136. The number of amides is 1. The average Bonchev–Trinajstić information content (AvgIpc) is 2.40. The number of benzene rings is 1. The molecule has 2 N–H and O–H groups in total. The first kappa shape index (κ1) is 10.9. The van der Waals surface area contributed by atoms with Crippen molar-refractivity contribution in [2.24, 2.45) is 5.92 Å². The molecule has 0 radical (unpaired) electrons. The molecule has 16 heavy (non-hydrogen) atoms. The van der Waals surface area contributed by atoms with Crippen molar-refractivity contribution in [2.45, 2.75) is 19.8 Å². The summed E-state index contributed by atoms with van der Waals surface area (Å²) in [7, 11) is 0. The zero-order chi connectivity index (χ0) is 11.5. The molecule has 2 rings (SSSR count). The van der Waals surface area contributed by atoms with Gasteiger partial charge in [-0.1, -0.05) is 13.3 Å². The third-order valence-corrected chi connectivity index (χ3v) is 2.79. The summed E-state index contributed by atoms with van der Waals surface area (Å²) in [5.41, 5.74) is 1.32. The fourth-order valence-electron chi connectivity index (χ4n) is 1.91. The molecule has 1 aliphatic heterocycles. The molecule has 0 saturated carbocycles. The van der Waals surface area contributed by atoms with Crippen LogP contribution in [0.1, 0.15) is 19.8 Å². The standard InChI is InChI=1S/C12H15FN2O/c1-2-3-8-7-14-11-6-9(13)4-5-10(11)15-12(8)16/h4-6,8,14H,2-3,7H2,1H3,(H,15,16). The van der Waals surface area contributed by atoms with E-state index in [1.807, 2.05) is 6.92 Å². The summed E-state index contributed by atoms with van der Waals surface area (Å²) >= 11 is 0. The molecule has 0 aromatic heterocycles. The predicted octanol–water partition coefficient (Wildman–Crippen LogP) is 2.61. The van der Waals surface area contributed by atoms with E-state index in [0.717, 1.165) is 12.8 Å². The molecular weight excluding hydrogens is 207 g/mol. The number of hydrogen-bond donors (Lipinski definition) is 2. The molecule has 3 nitrogen and oxygen atoms in total. The van der Waals surface area contributed by atoms with E-state index in [-0.39, 0.29) is 17.6 Å². The van der Waals surface area contributed by atoms with Gasteiger partial charge in [-0.25, -0.2) is 4.39 Å². The van der Waals surface area contributed by atoms with E-state index in [9.17, 15) is 9.18 Å². The van der Waals surface area contributed by atoms with Gasteiger partial charge in [0.15, 0.2) is 0 Å². The first-order chi connectivity index (χ1) is 7.70. The van der Waals surface area contributed by atoms with Gasteiger partial charge >= 0.3 is 0 Å². The predicted molar refractivity (Wildman–Crippen MR) is 61.9 cm³/mol. The van der Waals surface area contributed by atoms with E-state index in [4.69, 9.17) is 0 Å². The fourth-order valence-corrected chi connectivity index (χ4v) is 1.91. The smallest absolute Gasteiger partial charge is 0.229 e. The first-order valence-electron chi connectivity index (χ1n) is 5.55. The third kappa shape index (κ3) is 2.15. The van der Waals surface area contributed by atoms with Crippen LogP contribution in [-0.4, -0.2) is 12.5 Å². The Kier molecular flexibility index (Phi) is 3.08. The van der Waals surface area contributed by atoms with Crippen molar-refractivity contribution in [1.82, 2.24) is 0 Å². The quantitative estimate of drug-likeness (QED) is 0.807. The minimum atomic E-state index is -0.297. The lowest BCUT2D eigenvalue weighted by Gasteiger charge is -2.11. The first-order valence-corrected chi connectivity index (χ1v) is 5.55. The lowest BCUT2D eigenvalue weighted by molar-refractivity contribution is -0.119. The van der Waals surface area contributed by atoms with Gasteiger partial charge in [-0.05, 0) is 24.6 Å². The van der Waals surface area contributed by atoms with Crippen LogP contribution in [0.5, 0.6) is 0 Å². The zero-order valence-electron chi connectivity index (χ0n) is 9.22. The number of nitrogens with one attached hydrogen (secondary N) is 2. The summed E-state index contributed by atoms with van der Waals surface area (Å²) in [5, 5.41) is 5.92. The Morgan fingerprint density at radius 3 is 3.00 bits per heavy atom. The van der Waals surface area contributed by atoms with Crippen LogP contribution < -0.4 is 10.6 Å². The van der Waals surface area contributed by atoms with Crippen LogP contribution in [0.4, 0.5) is 15.8 Å². The summed E-state index contributed by atoms with van der Waals surface area (Å²) in [4.78, 5) is 11.8. The van der Waals surface area contributed by atoms with Gasteiger partial charge < -0.3 is 10.6 Å². The van der Waals surface area contributed by atoms with E-state index in [1.54, 1.807) is 6.07 Å². The number of hydrogen-bond acceptors (Lipinski definition) is 2. The summed E-state index contributed by atoms with van der Waals surface area (Å²) in [6.45, 7) is 2.61. The Morgan fingerprint density at radius 1 is 1.44 bits per heavy atom. The number of rotatable bonds is 2. The number of halogens is 1. The number of carbonyl (C=O) groups is 1. The van der Waals surface area contributed by atoms with Crippen LogP contribution >= 0.6 is 0 Å². The lowest BCUT2D eigenvalue weighted by Crippen LogP contribution is -2.25. The van der Waals surface area contributed by atoms with Gasteiger partial charge in [-0.15, -0.1) is 0 Å². The molecule has 0 bridgehead atoms. The molecule has 1 aromatic carbocycles. The van der Waals surface area contributed by atoms with Crippen molar-refractivity contribution < 1.29 is 9.18 Å². The topological polar surface area (TPSA) is 41.1 Å². The average molecular weight is 222 g/mol. The minimum Gasteiger partial charge on any atom is -0.382 e. The van der Waals surface area contributed by atoms with Gasteiger partial charge in [0.25, 0.3) is 0 Å². The van der Waals surface area contributed by atoms with Crippen LogP contribution in [0.15, 0.2) is 18.2 Å². The summed E-state index contributed by atoms with van der Waals surface area (Å²) in [6.07, 6.45) is 1.81. The fraction of sp³-hybridized carbons (Fsp3) is 0.417. The molecule has 1 atom stereocenters. The van der Waals surface area contributed by atoms with Crippen molar-refractivity contribution in [1.29, 1.82) is 0 Å². The van der Waals surface area contributed by atoms with E-state index < -0.39 is 0 Å². The van der Waals surface area contributed by atoms with Crippen LogP contribution in [0.25, 0.3) is 0 Å². The molecular formula is C12H15FN2O. The second-order valence-electron chi connectivity index (χ2n) is 4.05. The van der Waals surface area contributed by atoms with Gasteiger partial charge in [0.2, 0.25) is 5.91 Å². The Bertz CT molecular complexity index is 406. The van der Waals surface area contributed by atoms with Crippen LogP contribution in [0.3, 0.4) is 0 Å². The molecule has 1 aliphatic rings. The maximum atomic E-state index is 13.0. The Balaban J connectivity index is 2.22. The van der Waals surface area contributed by atoms with E-state index in [0.29, 0.717) is 17.9 Å². The molecule has 1 aromatic rings. The van der Waals surface area contributed by atoms with Crippen molar-refractivity contribution in [3.8, 4) is 0 Å². The molecule has 0 saturated heterocycles. The summed E-state index contributed by atoms with van der Waals surface area (Å²) in [6, 6.07) is 4.34. The van der Waals surface area contributed by atoms with Gasteiger partial charge in [0.1, 0.15) is 5.82 Å².